The van der Waals surface area contributed by atoms with Gasteiger partial charge >= 0.3 is 6.01 Å². The Balaban J connectivity index is 1.92. The zero-order chi connectivity index (χ0) is 13.1. The van der Waals surface area contributed by atoms with Gasteiger partial charge in [-0.05, 0) is 0 Å². The molecular weight excluding hydrogens is 232 g/mol. The third kappa shape index (κ3) is 2.63. The predicted octanol–water partition coefficient (Wildman–Crippen LogP) is 0.937. The topological polar surface area (TPSA) is 62.5 Å². The van der Waals surface area contributed by atoms with Gasteiger partial charge in [-0.1, -0.05) is 25.9 Å². The van der Waals surface area contributed by atoms with E-state index >= 15 is 0 Å². The zero-order valence-electron chi connectivity index (χ0n) is 11.2. The minimum absolute atomic E-state index is 0.0617. The maximum atomic E-state index is 11.8. The number of carbonyl (C=O) groups excluding carboxylic acids is 1. The van der Waals surface area contributed by atoms with Crippen LogP contribution in [0.1, 0.15) is 26.7 Å². The first-order chi connectivity index (χ1) is 8.61. The highest BCUT2D eigenvalue weighted by Gasteiger charge is 2.25. The van der Waals surface area contributed by atoms with Crippen LogP contribution < -0.4 is 4.90 Å². The average Bonchev–Trinajstić information content (AvgIpc) is 2.86. The number of aromatic nitrogens is 2. The summed E-state index contributed by atoms with van der Waals surface area (Å²) in [6.07, 6.45) is 0.749. The van der Waals surface area contributed by atoms with Crippen LogP contribution in [0, 0.1) is 5.92 Å². The van der Waals surface area contributed by atoms with Crippen molar-refractivity contribution in [2.45, 2.75) is 27.2 Å². The Bertz CT molecular complexity index is 408. The van der Waals surface area contributed by atoms with Crippen molar-refractivity contribution in [2.24, 2.45) is 5.92 Å². The lowest BCUT2D eigenvalue weighted by molar-refractivity contribution is -0.134. The normalized spacial score (nSPS) is 16.4. The molecule has 1 aromatic heterocycles. The van der Waals surface area contributed by atoms with Crippen molar-refractivity contribution in [3.8, 4) is 0 Å². The highest BCUT2D eigenvalue weighted by atomic mass is 16.4. The minimum Gasteiger partial charge on any atom is -0.408 e. The molecule has 0 spiro atoms. The molecule has 1 aliphatic heterocycles. The Morgan fingerprint density at radius 2 is 1.94 bits per heavy atom. The van der Waals surface area contributed by atoms with Gasteiger partial charge in [0, 0.05) is 38.5 Å². The molecule has 0 bridgehead atoms. The molecule has 1 aliphatic rings. The molecular formula is C12H20N4O2. The molecule has 6 heteroatoms. The molecule has 0 radical (unpaired) electrons. The van der Waals surface area contributed by atoms with Gasteiger partial charge in [-0.2, -0.15) is 0 Å². The molecule has 0 atom stereocenters. The van der Waals surface area contributed by atoms with E-state index in [2.05, 4.69) is 10.2 Å². The molecule has 6 nitrogen and oxygen atoms in total. The molecule has 100 valence electrons. The monoisotopic (exact) mass is 252 g/mol. The average molecular weight is 252 g/mol. The van der Waals surface area contributed by atoms with Gasteiger partial charge in [0.15, 0.2) is 0 Å². The van der Waals surface area contributed by atoms with Gasteiger partial charge in [-0.25, -0.2) is 0 Å². The van der Waals surface area contributed by atoms with Gasteiger partial charge in [-0.3, -0.25) is 4.79 Å². The lowest BCUT2D eigenvalue weighted by Crippen LogP contribution is -2.50. The van der Waals surface area contributed by atoms with Gasteiger partial charge in [-0.15, -0.1) is 5.10 Å². The predicted molar refractivity (Wildman–Crippen MR) is 67.3 cm³/mol. The summed E-state index contributed by atoms with van der Waals surface area (Å²) in [5, 5.41) is 7.97. The third-order valence-corrected chi connectivity index (χ3v) is 3.11. The second-order valence-corrected chi connectivity index (χ2v) is 4.80. The molecule has 1 amide bonds. The molecule has 2 heterocycles. The lowest BCUT2D eigenvalue weighted by Gasteiger charge is -2.34. The first-order valence-corrected chi connectivity index (χ1v) is 6.48. The fourth-order valence-corrected chi connectivity index (χ4v) is 2.00. The number of hydrogen-bond donors (Lipinski definition) is 0. The summed E-state index contributed by atoms with van der Waals surface area (Å²) in [6.45, 7) is 8.80. The highest BCUT2D eigenvalue weighted by Crippen LogP contribution is 2.15. The number of piperazine rings is 1. The number of anilines is 1. The Hall–Kier alpha value is -1.59. The summed E-state index contributed by atoms with van der Waals surface area (Å²) < 4.78 is 5.52. The smallest absolute Gasteiger partial charge is 0.318 e. The van der Waals surface area contributed by atoms with E-state index in [1.54, 1.807) is 0 Å². The first-order valence-electron chi connectivity index (χ1n) is 6.48. The van der Waals surface area contributed by atoms with Crippen molar-refractivity contribution in [3.05, 3.63) is 5.89 Å². The Kier molecular flexibility index (Phi) is 3.84. The molecule has 1 aromatic rings. The fraction of sp³-hybridized carbons (Fsp3) is 0.750. The van der Waals surface area contributed by atoms with Crippen LogP contribution in [0.5, 0.6) is 0 Å². The Labute approximate surface area is 107 Å². The second-order valence-electron chi connectivity index (χ2n) is 4.80. The van der Waals surface area contributed by atoms with Gasteiger partial charge in [0.2, 0.25) is 11.8 Å². The largest absolute Gasteiger partial charge is 0.408 e. The van der Waals surface area contributed by atoms with E-state index in [9.17, 15) is 4.79 Å². The van der Waals surface area contributed by atoms with E-state index in [1.165, 1.54) is 0 Å². The van der Waals surface area contributed by atoms with Crippen LogP contribution in [0.3, 0.4) is 0 Å². The van der Waals surface area contributed by atoms with E-state index in [-0.39, 0.29) is 11.8 Å². The molecule has 0 unspecified atom stereocenters. The summed E-state index contributed by atoms with van der Waals surface area (Å²) in [4.78, 5) is 15.8. The third-order valence-electron chi connectivity index (χ3n) is 3.11. The molecule has 2 rings (SSSR count). The SMILES string of the molecule is CCc1nnc(N2CCN(C(=O)C(C)C)CC2)o1. The molecule has 0 aromatic carbocycles. The van der Waals surface area contributed by atoms with E-state index < -0.39 is 0 Å². The summed E-state index contributed by atoms with van der Waals surface area (Å²) in [5.41, 5.74) is 0. The van der Waals surface area contributed by atoms with Crippen molar-refractivity contribution in [2.75, 3.05) is 31.1 Å². The Morgan fingerprint density at radius 1 is 1.28 bits per heavy atom. The molecule has 18 heavy (non-hydrogen) atoms. The summed E-state index contributed by atoms with van der Waals surface area (Å²) in [5.74, 6) is 0.937. The fourth-order valence-electron chi connectivity index (χ4n) is 2.00. The van der Waals surface area contributed by atoms with Gasteiger partial charge in [0.1, 0.15) is 0 Å². The first kappa shape index (κ1) is 12.9. The van der Waals surface area contributed by atoms with E-state index in [4.69, 9.17) is 4.42 Å². The van der Waals surface area contributed by atoms with Crippen LogP contribution >= 0.6 is 0 Å². The highest BCUT2D eigenvalue weighted by molar-refractivity contribution is 5.78. The maximum absolute atomic E-state index is 11.8. The van der Waals surface area contributed by atoms with Crippen LogP contribution in [0.4, 0.5) is 6.01 Å². The lowest BCUT2D eigenvalue weighted by atomic mass is 10.1. The quantitative estimate of drug-likeness (QED) is 0.801. The van der Waals surface area contributed by atoms with E-state index in [1.807, 2.05) is 30.6 Å². The number of hydrogen-bond acceptors (Lipinski definition) is 5. The standard InChI is InChI=1S/C12H20N4O2/c1-4-10-13-14-12(18-10)16-7-5-15(6-8-16)11(17)9(2)3/h9H,4-8H2,1-3H3. The molecule has 1 saturated heterocycles. The number of amides is 1. The van der Waals surface area contributed by atoms with Crippen LogP contribution in [-0.2, 0) is 11.2 Å². The number of nitrogens with zero attached hydrogens (tertiary/aromatic N) is 4. The number of carbonyl (C=O) groups is 1. The number of aryl methyl sites for hydroxylation is 1. The van der Waals surface area contributed by atoms with E-state index in [0.29, 0.717) is 11.9 Å². The van der Waals surface area contributed by atoms with Crippen molar-refractivity contribution >= 4 is 11.9 Å². The number of rotatable bonds is 3. The van der Waals surface area contributed by atoms with Crippen LogP contribution in [0.15, 0.2) is 4.42 Å². The molecule has 0 N–H and O–H groups in total. The summed E-state index contributed by atoms with van der Waals surface area (Å²) >= 11 is 0. The van der Waals surface area contributed by atoms with Crippen molar-refractivity contribution in [3.63, 3.8) is 0 Å². The van der Waals surface area contributed by atoms with Gasteiger partial charge in [0.05, 0.1) is 0 Å². The molecule has 1 fully saturated rings. The van der Waals surface area contributed by atoms with Crippen LogP contribution in [-0.4, -0.2) is 47.2 Å². The second kappa shape index (κ2) is 5.37. The van der Waals surface area contributed by atoms with Crippen LogP contribution in [0.2, 0.25) is 0 Å². The zero-order valence-corrected chi connectivity index (χ0v) is 11.2. The van der Waals surface area contributed by atoms with E-state index in [0.717, 1.165) is 32.6 Å². The summed E-state index contributed by atoms with van der Waals surface area (Å²) in [7, 11) is 0. The maximum Gasteiger partial charge on any atom is 0.318 e. The molecule has 0 aliphatic carbocycles. The van der Waals surface area contributed by atoms with Crippen LogP contribution in [0.25, 0.3) is 0 Å². The van der Waals surface area contributed by atoms with Crippen molar-refractivity contribution in [1.29, 1.82) is 0 Å². The Morgan fingerprint density at radius 3 is 2.44 bits per heavy atom. The van der Waals surface area contributed by atoms with Gasteiger partial charge in [0.25, 0.3) is 0 Å². The van der Waals surface area contributed by atoms with Crippen molar-refractivity contribution < 1.29 is 9.21 Å². The summed E-state index contributed by atoms with van der Waals surface area (Å²) in [6, 6.07) is 0.573. The minimum atomic E-state index is 0.0617. The van der Waals surface area contributed by atoms with Crippen molar-refractivity contribution in [1.82, 2.24) is 15.1 Å². The molecule has 0 saturated carbocycles. The van der Waals surface area contributed by atoms with Gasteiger partial charge < -0.3 is 14.2 Å².